The highest BCUT2D eigenvalue weighted by Gasteiger charge is 2.36. The highest BCUT2D eigenvalue weighted by Crippen LogP contribution is 2.37. The van der Waals surface area contributed by atoms with Crippen molar-refractivity contribution in [3.05, 3.63) is 17.5 Å². The molecule has 0 aromatic carbocycles. The SMILES string of the molecule is CCCCCCC(C)(CCCC)c1cc(C(F)(F)F)n[nH]1. The molecule has 1 rings (SSSR count). The van der Waals surface area contributed by atoms with Crippen LogP contribution in [0.3, 0.4) is 0 Å². The molecule has 0 bridgehead atoms. The summed E-state index contributed by atoms with van der Waals surface area (Å²) in [5.41, 5.74) is -0.422. The molecule has 0 saturated heterocycles. The van der Waals surface area contributed by atoms with Crippen LogP contribution >= 0.6 is 0 Å². The average Bonchev–Trinajstić information content (AvgIpc) is 2.92. The van der Waals surface area contributed by atoms with Gasteiger partial charge >= 0.3 is 6.18 Å². The average molecular weight is 304 g/mol. The van der Waals surface area contributed by atoms with Crippen molar-refractivity contribution in [2.24, 2.45) is 0 Å². The molecular formula is C16H27F3N2. The molecule has 0 amide bonds. The Morgan fingerprint density at radius 1 is 1.00 bits per heavy atom. The lowest BCUT2D eigenvalue weighted by molar-refractivity contribution is -0.141. The molecule has 1 aromatic rings. The number of nitrogens with zero attached hydrogens (tertiary/aromatic N) is 1. The zero-order chi connectivity index (χ0) is 15.9. The first kappa shape index (κ1) is 18.1. The summed E-state index contributed by atoms with van der Waals surface area (Å²) in [6.45, 7) is 6.31. The third kappa shape index (κ3) is 5.36. The van der Waals surface area contributed by atoms with Gasteiger partial charge in [0.05, 0.1) is 0 Å². The van der Waals surface area contributed by atoms with Crippen LogP contribution < -0.4 is 0 Å². The lowest BCUT2D eigenvalue weighted by atomic mass is 9.77. The van der Waals surface area contributed by atoms with E-state index in [4.69, 9.17) is 0 Å². The Morgan fingerprint density at radius 3 is 2.14 bits per heavy atom. The van der Waals surface area contributed by atoms with E-state index in [1.807, 2.05) is 0 Å². The van der Waals surface area contributed by atoms with Crippen molar-refractivity contribution >= 4 is 0 Å². The van der Waals surface area contributed by atoms with Gasteiger partial charge in [-0.3, -0.25) is 5.10 Å². The number of hydrogen-bond donors (Lipinski definition) is 1. The molecule has 5 heteroatoms. The van der Waals surface area contributed by atoms with Crippen molar-refractivity contribution in [2.45, 2.75) is 83.7 Å². The maximum atomic E-state index is 12.7. The molecule has 0 saturated carbocycles. The summed E-state index contributed by atoms with van der Waals surface area (Å²) in [5.74, 6) is 0. The lowest BCUT2D eigenvalue weighted by Crippen LogP contribution is -2.22. The zero-order valence-electron chi connectivity index (χ0n) is 13.3. The fourth-order valence-electron chi connectivity index (χ4n) is 2.68. The Hall–Kier alpha value is -1.00. The van der Waals surface area contributed by atoms with Crippen LogP contribution in [-0.4, -0.2) is 10.2 Å². The predicted molar refractivity (Wildman–Crippen MR) is 79.2 cm³/mol. The van der Waals surface area contributed by atoms with E-state index in [0.29, 0.717) is 5.69 Å². The van der Waals surface area contributed by atoms with Crippen molar-refractivity contribution in [3.8, 4) is 0 Å². The first-order valence-electron chi connectivity index (χ1n) is 7.96. The van der Waals surface area contributed by atoms with E-state index in [9.17, 15) is 13.2 Å². The molecule has 0 aliphatic rings. The van der Waals surface area contributed by atoms with Gasteiger partial charge in [-0.15, -0.1) is 0 Å². The Morgan fingerprint density at radius 2 is 1.62 bits per heavy atom. The molecule has 2 nitrogen and oxygen atoms in total. The molecule has 0 aliphatic heterocycles. The van der Waals surface area contributed by atoms with Gasteiger partial charge in [-0.1, -0.05) is 59.3 Å². The highest BCUT2D eigenvalue weighted by molar-refractivity contribution is 5.20. The van der Waals surface area contributed by atoms with Crippen molar-refractivity contribution in [2.75, 3.05) is 0 Å². The van der Waals surface area contributed by atoms with Crippen LogP contribution in [0.15, 0.2) is 6.07 Å². The Kier molecular flexibility index (Phi) is 6.75. The summed E-state index contributed by atoms with van der Waals surface area (Å²) in [6.07, 6.45) is 4.03. The highest BCUT2D eigenvalue weighted by atomic mass is 19.4. The Bertz CT molecular complexity index is 412. The van der Waals surface area contributed by atoms with Gasteiger partial charge in [-0.25, -0.2) is 0 Å². The van der Waals surface area contributed by atoms with Crippen molar-refractivity contribution in [1.82, 2.24) is 10.2 Å². The number of nitrogens with one attached hydrogen (secondary N) is 1. The molecule has 1 unspecified atom stereocenters. The normalized spacial score (nSPS) is 15.1. The number of H-pyrrole nitrogens is 1. The number of rotatable bonds is 9. The monoisotopic (exact) mass is 304 g/mol. The predicted octanol–water partition coefficient (Wildman–Crippen LogP) is 5.85. The molecule has 0 fully saturated rings. The number of aromatic amines is 1. The van der Waals surface area contributed by atoms with Gasteiger partial charge in [0.2, 0.25) is 0 Å². The molecule has 0 radical (unpaired) electrons. The van der Waals surface area contributed by atoms with Gasteiger partial charge in [-0.05, 0) is 18.9 Å². The topological polar surface area (TPSA) is 28.7 Å². The summed E-state index contributed by atoms with van der Waals surface area (Å²) < 4.78 is 38.1. The standard InChI is InChI=1S/C16H27F3N2/c1-4-6-8-9-11-15(3,10-7-5-2)13-12-14(21-20-13)16(17,18)19/h12H,4-11H2,1-3H3,(H,20,21). The van der Waals surface area contributed by atoms with Crippen molar-refractivity contribution < 1.29 is 13.2 Å². The molecule has 0 aliphatic carbocycles. The first-order valence-corrected chi connectivity index (χ1v) is 7.96. The van der Waals surface area contributed by atoms with Gasteiger partial charge in [0, 0.05) is 11.1 Å². The zero-order valence-corrected chi connectivity index (χ0v) is 13.3. The second-order valence-electron chi connectivity index (χ2n) is 6.14. The van der Waals surface area contributed by atoms with Crippen LogP contribution in [-0.2, 0) is 11.6 Å². The van der Waals surface area contributed by atoms with E-state index in [1.165, 1.54) is 12.5 Å². The maximum absolute atomic E-state index is 12.7. The minimum Gasteiger partial charge on any atom is -0.281 e. The summed E-state index contributed by atoms with van der Waals surface area (Å²) in [7, 11) is 0. The number of halogens is 3. The molecule has 21 heavy (non-hydrogen) atoms. The van der Waals surface area contributed by atoms with Crippen LogP contribution in [0.25, 0.3) is 0 Å². The van der Waals surface area contributed by atoms with Gasteiger partial charge in [0.1, 0.15) is 0 Å². The summed E-state index contributed by atoms with van der Waals surface area (Å²) in [6, 6.07) is 1.19. The third-order valence-corrected chi connectivity index (χ3v) is 4.18. The molecule has 1 heterocycles. The smallest absolute Gasteiger partial charge is 0.281 e. The van der Waals surface area contributed by atoms with Crippen LogP contribution in [0.4, 0.5) is 13.2 Å². The summed E-state index contributed by atoms with van der Waals surface area (Å²) in [4.78, 5) is 0. The van der Waals surface area contributed by atoms with E-state index >= 15 is 0 Å². The van der Waals surface area contributed by atoms with E-state index in [-0.39, 0.29) is 5.41 Å². The van der Waals surface area contributed by atoms with E-state index in [0.717, 1.165) is 44.9 Å². The third-order valence-electron chi connectivity index (χ3n) is 4.18. The fourth-order valence-corrected chi connectivity index (χ4v) is 2.68. The van der Waals surface area contributed by atoms with Crippen LogP contribution in [0, 0.1) is 0 Å². The largest absolute Gasteiger partial charge is 0.435 e. The second kappa shape index (κ2) is 7.85. The minimum atomic E-state index is -4.37. The molecular weight excluding hydrogens is 277 g/mol. The summed E-state index contributed by atoms with van der Waals surface area (Å²) in [5, 5.41) is 6.09. The molecule has 1 aromatic heterocycles. The second-order valence-corrected chi connectivity index (χ2v) is 6.14. The van der Waals surface area contributed by atoms with Gasteiger partial charge < -0.3 is 0 Å². The van der Waals surface area contributed by atoms with E-state index < -0.39 is 11.9 Å². The first-order chi connectivity index (χ1) is 9.83. The number of aromatic nitrogens is 2. The molecule has 1 N–H and O–H groups in total. The van der Waals surface area contributed by atoms with Gasteiger partial charge in [0.25, 0.3) is 0 Å². The van der Waals surface area contributed by atoms with Gasteiger partial charge in [-0.2, -0.15) is 18.3 Å². The van der Waals surface area contributed by atoms with Crippen molar-refractivity contribution in [3.63, 3.8) is 0 Å². The Labute approximate surface area is 125 Å². The molecule has 1 atom stereocenters. The van der Waals surface area contributed by atoms with Crippen LogP contribution in [0.1, 0.15) is 83.5 Å². The lowest BCUT2D eigenvalue weighted by Gasteiger charge is -2.28. The fraction of sp³-hybridized carbons (Fsp3) is 0.812. The minimum absolute atomic E-state index is 0.236. The van der Waals surface area contributed by atoms with E-state index in [2.05, 4.69) is 31.0 Å². The van der Waals surface area contributed by atoms with E-state index in [1.54, 1.807) is 0 Å². The van der Waals surface area contributed by atoms with Crippen LogP contribution in [0.2, 0.25) is 0 Å². The van der Waals surface area contributed by atoms with Crippen molar-refractivity contribution in [1.29, 1.82) is 0 Å². The molecule has 122 valence electrons. The quantitative estimate of drug-likeness (QED) is 0.570. The Balaban J connectivity index is 2.82. The number of alkyl halides is 3. The number of hydrogen-bond acceptors (Lipinski definition) is 1. The molecule has 0 spiro atoms. The van der Waals surface area contributed by atoms with Crippen LogP contribution in [0.5, 0.6) is 0 Å². The maximum Gasteiger partial charge on any atom is 0.435 e. The number of unbranched alkanes of at least 4 members (excludes halogenated alkanes) is 4. The summed E-state index contributed by atoms with van der Waals surface area (Å²) >= 11 is 0. The van der Waals surface area contributed by atoms with Gasteiger partial charge in [0.15, 0.2) is 5.69 Å².